The molecule has 0 bridgehead atoms. The van der Waals surface area contributed by atoms with E-state index in [1.54, 1.807) is 6.07 Å². The SMILES string of the molecule is C/C=C(/C)NCc1ccnc(C(F)(F)F)c1. The van der Waals surface area contributed by atoms with E-state index in [2.05, 4.69) is 10.3 Å². The molecule has 5 heteroatoms. The molecule has 0 spiro atoms. The molecule has 0 aliphatic heterocycles. The Morgan fingerprint density at radius 2 is 2.19 bits per heavy atom. The summed E-state index contributed by atoms with van der Waals surface area (Å²) in [7, 11) is 0. The maximum absolute atomic E-state index is 12.3. The van der Waals surface area contributed by atoms with Crippen LogP contribution in [0.15, 0.2) is 30.1 Å². The Morgan fingerprint density at radius 1 is 1.50 bits per heavy atom. The topological polar surface area (TPSA) is 24.9 Å². The number of hydrogen-bond donors (Lipinski definition) is 1. The van der Waals surface area contributed by atoms with Crippen molar-refractivity contribution in [1.82, 2.24) is 10.3 Å². The Balaban J connectivity index is 2.76. The molecule has 0 saturated carbocycles. The second kappa shape index (κ2) is 5.01. The normalized spacial score (nSPS) is 12.7. The molecule has 1 heterocycles. The van der Waals surface area contributed by atoms with Crippen molar-refractivity contribution >= 4 is 0 Å². The number of halogens is 3. The van der Waals surface area contributed by atoms with Crippen molar-refractivity contribution in [1.29, 1.82) is 0 Å². The van der Waals surface area contributed by atoms with Gasteiger partial charge in [-0.05, 0) is 31.5 Å². The summed E-state index contributed by atoms with van der Waals surface area (Å²) < 4.78 is 37.0. The van der Waals surface area contributed by atoms with Crippen LogP contribution < -0.4 is 5.32 Å². The molecule has 88 valence electrons. The fraction of sp³-hybridized carbons (Fsp3) is 0.364. The number of nitrogens with zero attached hydrogens (tertiary/aromatic N) is 1. The number of nitrogens with one attached hydrogen (secondary N) is 1. The largest absolute Gasteiger partial charge is 0.433 e. The highest BCUT2D eigenvalue weighted by atomic mass is 19.4. The quantitative estimate of drug-likeness (QED) is 0.863. The lowest BCUT2D eigenvalue weighted by molar-refractivity contribution is -0.141. The molecule has 16 heavy (non-hydrogen) atoms. The van der Waals surface area contributed by atoms with E-state index in [0.717, 1.165) is 11.8 Å². The van der Waals surface area contributed by atoms with Gasteiger partial charge in [0.2, 0.25) is 0 Å². The van der Waals surface area contributed by atoms with Crippen molar-refractivity contribution in [2.24, 2.45) is 0 Å². The lowest BCUT2D eigenvalue weighted by Gasteiger charge is -2.09. The third-order valence-electron chi connectivity index (χ3n) is 2.12. The maximum atomic E-state index is 12.3. The summed E-state index contributed by atoms with van der Waals surface area (Å²) in [6, 6.07) is 2.61. The molecule has 1 aromatic heterocycles. The van der Waals surface area contributed by atoms with Crippen LogP contribution in [-0.4, -0.2) is 4.98 Å². The Kier molecular flexibility index (Phi) is 3.93. The minimum atomic E-state index is -4.38. The summed E-state index contributed by atoms with van der Waals surface area (Å²) in [5.74, 6) is 0. The van der Waals surface area contributed by atoms with Crippen LogP contribution in [0, 0.1) is 0 Å². The van der Waals surface area contributed by atoms with Crippen molar-refractivity contribution in [2.75, 3.05) is 0 Å². The average Bonchev–Trinajstić information content (AvgIpc) is 2.25. The molecule has 0 aliphatic rings. The molecule has 2 nitrogen and oxygen atoms in total. The fourth-order valence-corrected chi connectivity index (χ4v) is 1.08. The summed E-state index contributed by atoms with van der Waals surface area (Å²) in [4.78, 5) is 3.29. The van der Waals surface area contributed by atoms with Gasteiger partial charge >= 0.3 is 6.18 Å². The second-order valence-electron chi connectivity index (χ2n) is 3.37. The van der Waals surface area contributed by atoms with Crippen LogP contribution in [0.4, 0.5) is 13.2 Å². The van der Waals surface area contributed by atoms with Crippen LogP contribution in [0.3, 0.4) is 0 Å². The van der Waals surface area contributed by atoms with E-state index in [0.29, 0.717) is 12.1 Å². The van der Waals surface area contributed by atoms with E-state index in [9.17, 15) is 13.2 Å². The van der Waals surface area contributed by atoms with Crippen LogP contribution in [-0.2, 0) is 12.7 Å². The molecular formula is C11H13F3N2. The van der Waals surface area contributed by atoms with Crippen molar-refractivity contribution in [3.05, 3.63) is 41.4 Å². The first kappa shape index (κ1) is 12.5. The number of alkyl halides is 3. The lowest BCUT2D eigenvalue weighted by atomic mass is 10.2. The summed E-state index contributed by atoms with van der Waals surface area (Å²) in [6.07, 6.45) is -1.36. The maximum Gasteiger partial charge on any atom is 0.433 e. The molecule has 0 amide bonds. The van der Waals surface area contributed by atoms with Crippen LogP contribution in [0.1, 0.15) is 25.1 Å². The Hall–Kier alpha value is -1.52. The molecule has 0 radical (unpaired) electrons. The van der Waals surface area contributed by atoms with Crippen LogP contribution in [0.5, 0.6) is 0 Å². The highest BCUT2D eigenvalue weighted by molar-refractivity contribution is 5.18. The van der Waals surface area contributed by atoms with Gasteiger partial charge in [-0.1, -0.05) is 6.08 Å². The minimum absolute atomic E-state index is 0.363. The number of pyridine rings is 1. The van der Waals surface area contributed by atoms with Gasteiger partial charge in [0.1, 0.15) is 5.69 Å². The molecule has 0 unspecified atom stereocenters. The van der Waals surface area contributed by atoms with Crippen LogP contribution >= 0.6 is 0 Å². The number of rotatable bonds is 3. The van der Waals surface area contributed by atoms with E-state index in [1.165, 1.54) is 6.20 Å². The zero-order chi connectivity index (χ0) is 12.2. The van der Waals surface area contributed by atoms with Gasteiger partial charge in [0.05, 0.1) is 0 Å². The Labute approximate surface area is 92.2 Å². The van der Waals surface area contributed by atoms with Gasteiger partial charge < -0.3 is 5.32 Å². The lowest BCUT2D eigenvalue weighted by Crippen LogP contribution is -2.13. The Morgan fingerprint density at radius 3 is 2.75 bits per heavy atom. The average molecular weight is 230 g/mol. The smallest absolute Gasteiger partial charge is 0.385 e. The molecule has 0 aromatic carbocycles. The Bertz CT molecular complexity index is 383. The summed E-state index contributed by atoms with van der Waals surface area (Å²) in [6.45, 7) is 4.07. The molecule has 0 atom stereocenters. The van der Waals surface area contributed by atoms with E-state index in [-0.39, 0.29) is 0 Å². The molecule has 1 rings (SSSR count). The highest BCUT2D eigenvalue weighted by Crippen LogP contribution is 2.27. The predicted molar refractivity (Wildman–Crippen MR) is 55.5 cm³/mol. The first-order valence-electron chi connectivity index (χ1n) is 4.82. The number of allylic oxidation sites excluding steroid dienone is 2. The van der Waals surface area contributed by atoms with Crippen LogP contribution in [0.2, 0.25) is 0 Å². The molecule has 1 N–H and O–H groups in total. The number of aromatic nitrogens is 1. The molecular weight excluding hydrogens is 217 g/mol. The zero-order valence-corrected chi connectivity index (χ0v) is 9.10. The third kappa shape index (κ3) is 3.56. The van der Waals surface area contributed by atoms with Gasteiger partial charge in [0.25, 0.3) is 0 Å². The monoisotopic (exact) mass is 230 g/mol. The van der Waals surface area contributed by atoms with Crippen molar-refractivity contribution < 1.29 is 13.2 Å². The van der Waals surface area contributed by atoms with Gasteiger partial charge in [-0.2, -0.15) is 13.2 Å². The number of hydrogen-bond acceptors (Lipinski definition) is 2. The molecule has 0 aliphatic carbocycles. The highest BCUT2D eigenvalue weighted by Gasteiger charge is 2.32. The summed E-state index contributed by atoms with van der Waals surface area (Å²) in [5, 5.41) is 2.99. The first-order chi connectivity index (χ1) is 7.43. The summed E-state index contributed by atoms with van der Waals surface area (Å²) >= 11 is 0. The van der Waals surface area contributed by atoms with Crippen molar-refractivity contribution in [2.45, 2.75) is 26.6 Å². The van der Waals surface area contributed by atoms with Crippen LogP contribution in [0.25, 0.3) is 0 Å². The van der Waals surface area contributed by atoms with E-state index in [4.69, 9.17) is 0 Å². The first-order valence-corrected chi connectivity index (χ1v) is 4.82. The third-order valence-corrected chi connectivity index (χ3v) is 2.12. The second-order valence-corrected chi connectivity index (χ2v) is 3.37. The van der Waals surface area contributed by atoms with Gasteiger partial charge in [-0.3, -0.25) is 4.98 Å². The van der Waals surface area contributed by atoms with E-state index in [1.807, 2.05) is 19.9 Å². The minimum Gasteiger partial charge on any atom is -0.385 e. The fourth-order valence-electron chi connectivity index (χ4n) is 1.08. The van der Waals surface area contributed by atoms with Gasteiger partial charge in [0, 0.05) is 18.4 Å². The van der Waals surface area contributed by atoms with E-state index < -0.39 is 11.9 Å². The summed E-state index contributed by atoms with van der Waals surface area (Å²) in [5.41, 5.74) is 0.624. The molecule has 1 aromatic rings. The van der Waals surface area contributed by atoms with Gasteiger partial charge in [-0.25, -0.2) is 0 Å². The molecule has 0 fully saturated rings. The standard InChI is InChI=1S/C11H13F3N2/c1-3-8(2)16-7-9-4-5-15-10(6-9)11(12,13)14/h3-6,16H,7H2,1-2H3/b8-3-. The van der Waals surface area contributed by atoms with Crippen molar-refractivity contribution in [3.63, 3.8) is 0 Å². The predicted octanol–water partition coefficient (Wildman–Crippen LogP) is 3.11. The van der Waals surface area contributed by atoms with Gasteiger partial charge in [-0.15, -0.1) is 0 Å². The van der Waals surface area contributed by atoms with E-state index >= 15 is 0 Å². The van der Waals surface area contributed by atoms with Crippen molar-refractivity contribution in [3.8, 4) is 0 Å². The zero-order valence-electron chi connectivity index (χ0n) is 9.10. The molecule has 0 saturated heterocycles. The van der Waals surface area contributed by atoms with Gasteiger partial charge in [0.15, 0.2) is 0 Å².